The number of hydrogen-bond donors (Lipinski definition) is 0. The Hall–Kier alpha value is -1.19. The highest BCUT2D eigenvalue weighted by molar-refractivity contribution is 5.95. The number of hydrogen-bond acceptors (Lipinski definition) is 3. The summed E-state index contributed by atoms with van der Waals surface area (Å²) >= 11 is 0. The summed E-state index contributed by atoms with van der Waals surface area (Å²) in [5, 5.41) is 0. The van der Waals surface area contributed by atoms with E-state index < -0.39 is 0 Å². The lowest BCUT2D eigenvalue weighted by Crippen LogP contribution is -2.23. The second-order valence-electron chi connectivity index (χ2n) is 4.58. The van der Waals surface area contributed by atoms with Crippen molar-refractivity contribution < 1.29 is 14.3 Å². The smallest absolute Gasteiger partial charge is 0.162 e. The van der Waals surface area contributed by atoms with Crippen LogP contribution in [0, 0.1) is 0 Å². The molecule has 0 bridgehead atoms. The fraction of sp³-hybridized carbons (Fsp3) is 0.533. The molecule has 3 heteroatoms. The summed E-state index contributed by atoms with van der Waals surface area (Å²) in [4.78, 5) is 11.8. The van der Waals surface area contributed by atoms with Crippen LogP contribution in [-0.2, 0) is 9.47 Å². The van der Waals surface area contributed by atoms with Gasteiger partial charge in [0.25, 0.3) is 0 Å². The van der Waals surface area contributed by atoms with E-state index in [1.807, 2.05) is 30.3 Å². The number of ether oxygens (including phenoxy) is 2. The van der Waals surface area contributed by atoms with Crippen LogP contribution >= 0.6 is 0 Å². The van der Waals surface area contributed by atoms with E-state index in [-0.39, 0.29) is 5.78 Å². The Balaban J connectivity index is 1.62. The monoisotopic (exact) mass is 248 g/mol. The first kappa shape index (κ1) is 13.2. The number of benzene rings is 1. The standard InChI is InChI=1S/C15H20O3/c16-15(13-5-2-1-3-6-13)7-4-10-18-14-8-11-17-12-9-14/h1-3,5-6,14H,4,7-12H2. The molecule has 1 aromatic rings. The first-order valence-corrected chi connectivity index (χ1v) is 6.64. The van der Waals surface area contributed by atoms with Gasteiger partial charge in [-0.15, -0.1) is 0 Å². The molecule has 0 saturated carbocycles. The highest BCUT2D eigenvalue weighted by atomic mass is 16.5. The summed E-state index contributed by atoms with van der Waals surface area (Å²) in [5.41, 5.74) is 0.795. The van der Waals surface area contributed by atoms with E-state index in [1.165, 1.54) is 0 Å². The Morgan fingerprint density at radius 1 is 1.22 bits per heavy atom. The lowest BCUT2D eigenvalue weighted by Gasteiger charge is -2.22. The topological polar surface area (TPSA) is 35.5 Å². The third kappa shape index (κ3) is 4.24. The first-order chi connectivity index (χ1) is 8.86. The molecule has 0 aliphatic carbocycles. The van der Waals surface area contributed by atoms with Gasteiger partial charge >= 0.3 is 0 Å². The maximum Gasteiger partial charge on any atom is 0.162 e. The van der Waals surface area contributed by atoms with Crippen molar-refractivity contribution in [2.24, 2.45) is 0 Å². The highest BCUT2D eigenvalue weighted by Gasteiger charge is 2.13. The predicted molar refractivity (Wildman–Crippen MR) is 69.8 cm³/mol. The van der Waals surface area contributed by atoms with Crippen LogP contribution in [0.3, 0.4) is 0 Å². The number of rotatable bonds is 6. The summed E-state index contributed by atoms with van der Waals surface area (Å²) in [6.45, 7) is 2.27. The summed E-state index contributed by atoms with van der Waals surface area (Å²) in [6.07, 6.45) is 3.64. The predicted octanol–water partition coefficient (Wildman–Crippen LogP) is 2.85. The van der Waals surface area contributed by atoms with Crippen molar-refractivity contribution in [3.8, 4) is 0 Å². The van der Waals surface area contributed by atoms with E-state index in [4.69, 9.17) is 9.47 Å². The molecule has 0 aromatic heterocycles. The van der Waals surface area contributed by atoms with E-state index in [2.05, 4.69) is 0 Å². The maximum absolute atomic E-state index is 11.8. The Morgan fingerprint density at radius 3 is 2.67 bits per heavy atom. The summed E-state index contributed by atoms with van der Waals surface area (Å²) in [7, 11) is 0. The molecule has 0 amide bonds. The minimum absolute atomic E-state index is 0.200. The Bertz CT molecular complexity index is 355. The number of Topliss-reactive ketones (excluding diaryl/α,β-unsaturated/α-hetero) is 1. The lowest BCUT2D eigenvalue weighted by atomic mass is 10.1. The van der Waals surface area contributed by atoms with Gasteiger partial charge in [0, 0.05) is 31.8 Å². The Morgan fingerprint density at radius 2 is 1.94 bits per heavy atom. The highest BCUT2D eigenvalue weighted by Crippen LogP contribution is 2.12. The van der Waals surface area contributed by atoms with Crippen LogP contribution in [-0.4, -0.2) is 31.7 Å². The van der Waals surface area contributed by atoms with Crippen molar-refractivity contribution in [2.75, 3.05) is 19.8 Å². The summed E-state index contributed by atoms with van der Waals surface area (Å²) < 4.78 is 11.0. The van der Waals surface area contributed by atoms with E-state index >= 15 is 0 Å². The average Bonchev–Trinajstić information content (AvgIpc) is 2.45. The number of ketones is 1. The zero-order valence-electron chi connectivity index (χ0n) is 10.6. The van der Waals surface area contributed by atoms with E-state index in [0.29, 0.717) is 19.1 Å². The molecule has 1 aliphatic rings. The van der Waals surface area contributed by atoms with Crippen LogP contribution in [0.25, 0.3) is 0 Å². The van der Waals surface area contributed by atoms with Gasteiger partial charge in [0.2, 0.25) is 0 Å². The molecule has 0 atom stereocenters. The molecule has 0 spiro atoms. The zero-order valence-corrected chi connectivity index (χ0v) is 10.6. The third-order valence-electron chi connectivity index (χ3n) is 3.17. The van der Waals surface area contributed by atoms with Crippen LogP contribution in [0.15, 0.2) is 30.3 Å². The molecule has 0 N–H and O–H groups in total. The van der Waals surface area contributed by atoms with Gasteiger partial charge in [0.15, 0.2) is 5.78 Å². The molecule has 1 saturated heterocycles. The van der Waals surface area contributed by atoms with Gasteiger partial charge in [-0.25, -0.2) is 0 Å². The number of carbonyl (C=O) groups is 1. The van der Waals surface area contributed by atoms with Crippen LogP contribution in [0.1, 0.15) is 36.0 Å². The van der Waals surface area contributed by atoms with Gasteiger partial charge in [-0.1, -0.05) is 30.3 Å². The van der Waals surface area contributed by atoms with Gasteiger partial charge < -0.3 is 9.47 Å². The molecule has 0 unspecified atom stereocenters. The van der Waals surface area contributed by atoms with Crippen molar-refractivity contribution in [2.45, 2.75) is 31.8 Å². The van der Waals surface area contributed by atoms with Crippen molar-refractivity contribution in [3.63, 3.8) is 0 Å². The van der Waals surface area contributed by atoms with Crippen LogP contribution < -0.4 is 0 Å². The SMILES string of the molecule is O=C(CCCOC1CCOCC1)c1ccccc1. The quantitative estimate of drug-likeness (QED) is 0.573. The van der Waals surface area contributed by atoms with Crippen LogP contribution in [0.2, 0.25) is 0 Å². The zero-order chi connectivity index (χ0) is 12.6. The van der Waals surface area contributed by atoms with Crippen molar-refractivity contribution >= 4 is 5.78 Å². The van der Waals surface area contributed by atoms with E-state index in [1.54, 1.807) is 0 Å². The Labute approximate surface area is 108 Å². The summed E-state index contributed by atoms with van der Waals surface area (Å²) in [5.74, 6) is 0.200. The van der Waals surface area contributed by atoms with Gasteiger partial charge in [-0.2, -0.15) is 0 Å². The molecule has 98 valence electrons. The lowest BCUT2D eigenvalue weighted by molar-refractivity contribution is -0.0323. The largest absolute Gasteiger partial charge is 0.381 e. The molecule has 1 aromatic carbocycles. The second kappa shape index (κ2) is 7.29. The van der Waals surface area contributed by atoms with Crippen LogP contribution in [0.4, 0.5) is 0 Å². The fourth-order valence-corrected chi connectivity index (χ4v) is 2.09. The molecule has 18 heavy (non-hydrogen) atoms. The molecular formula is C15H20O3. The van der Waals surface area contributed by atoms with E-state index in [0.717, 1.165) is 38.0 Å². The molecule has 1 aliphatic heterocycles. The van der Waals surface area contributed by atoms with Crippen LogP contribution in [0.5, 0.6) is 0 Å². The van der Waals surface area contributed by atoms with E-state index in [9.17, 15) is 4.79 Å². The molecule has 1 fully saturated rings. The molecular weight excluding hydrogens is 228 g/mol. The molecule has 3 nitrogen and oxygen atoms in total. The van der Waals surface area contributed by atoms with Crippen molar-refractivity contribution in [1.82, 2.24) is 0 Å². The average molecular weight is 248 g/mol. The minimum Gasteiger partial charge on any atom is -0.381 e. The Kier molecular flexibility index (Phi) is 5.36. The number of carbonyl (C=O) groups excluding carboxylic acids is 1. The maximum atomic E-state index is 11.8. The second-order valence-corrected chi connectivity index (χ2v) is 4.58. The minimum atomic E-state index is 0.200. The molecule has 1 heterocycles. The van der Waals surface area contributed by atoms with Gasteiger partial charge in [0.05, 0.1) is 6.10 Å². The summed E-state index contributed by atoms with van der Waals surface area (Å²) in [6, 6.07) is 9.44. The normalized spacial score (nSPS) is 16.7. The van der Waals surface area contributed by atoms with Gasteiger partial charge in [0.1, 0.15) is 0 Å². The van der Waals surface area contributed by atoms with Crippen molar-refractivity contribution in [1.29, 1.82) is 0 Å². The first-order valence-electron chi connectivity index (χ1n) is 6.64. The fourth-order valence-electron chi connectivity index (χ4n) is 2.09. The van der Waals surface area contributed by atoms with Crippen molar-refractivity contribution in [3.05, 3.63) is 35.9 Å². The molecule has 2 rings (SSSR count). The van der Waals surface area contributed by atoms with Gasteiger partial charge in [-0.05, 0) is 19.3 Å². The van der Waals surface area contributed by atoms with Gasteiger partial charge in [-0.3, -0.25) is 4.79 Å². The molecule has 0 radical (unpaired) electrons. The third-order valence-corrected chi connectivity index (χ3v) is 3.17.